The average Bonchev–Trinajstić information content (AvgIpc) is 2.45. The number of nitrogens with one attached hydrogen (secondary N) is 1. The summed E-state index contributed by atoms with van der Waals surface area (Å²) < 4.78 is 0. The number of hydrogen-bond donors (Lipinski definition) is 1. The topological polar surface area (TPSA) is 42.3 Å². The molecule has 0 aromatic heterocycles. The van der Waals surface area contributed by atoms with Gasteiger partial charge in [0, 0.05) is 46.3 Å². The van der Waals surface area contributed by atoms with E-state index in [0.29, 0.717) is 10.6 Å². The van der Waals surface area contributed by atoms with Gasteiger partial charge in [0.1, 0.15) is 0 Å². The molecule has 1 saturated heterocycles. The minimum atomic E-state index is 0.601. The normalized spacial score (nSPS) is 16.1. The van der Waals surface area contributed by atoms with E-state index >= 15 is 0 Å². The molecule has 1 aliphatic heterocycles. The molecule has 0 amide bonds. The van der Waals surface area contributed by atoms with Crippen molar-refractivity contribution in [2.75, 3.05) is 51.2 Å². The van der Waals surface area contributed by atoms with Crippen molar-refractivity contribution in [3.8, 4) is 6.07 Å². The molecule has 0 atom stereocenters. The van der Waals surface area contributed by atoms with Crippen LogP contribution in [0.5, 0.6) is 0 Å². The summed E-state index contributed by atoms with van der Waals surface area (Å²) in [6.45, 7) is 6.33. The van der Waals surface area contributed by atoms with E-state index in [1.165, 1.54) is 0 Å². The molecule has 0 aliphatic carbocycles. The molecule has 0 radical (unpaired) electrons. The Bertz CT molecular complexity index is 463. The van der Waals surface area contributed by atoms with Crippen LogP contribution in [0.4, 0.5) is 5.69 Å². The quantitative estimate of drug-likeness (QED) is 0.908. The van der Waals surface area contributed by atoms with Crippen LogP contribution in [0.15, 0.2) is 18.2 Å². The van der Waals surface area contributed by atoms with E-state index in [-0.39, 0.29) is 0 Å². The number of rotatable bonds is 4. The number of piperazine rings is 1. The zero-order valence-corrected chi connectivity index (χ0v) is 12.0. The molecule has 0 saturated carbocycles. The van der Waals surface area contributed by atoms with Crippen LogP contribution in [0.25, 0.3) is 0 Å². The number of anilines is 1. The van der Waals surface area contributed by atoms with Crippen molar-refractivity contribution in [1.29, 1.82) is 5.26 Å². The van der Waals surface area contributed by atoms with Crippen molar-refractivity contribution in [2.24, 2.45) is 0 Å². The fraction of sp³-hybridized carbons (Fsp3) is 0.500. The van der Waals surface area contributed by atoms with Gasteiger partial charge in [0.15, 0.2) is 0 Å². The zero-order valence-electron chi connectivity index (χ0n) is 11.2. The van der Waals surface area contributed by atoms with Crippen LogP contribution in [0, 0.1) is 11.3 Å². The van der Waals surface area contributed by atoms with Gasteiger partial charge in [0.2, 0.25) is 0 Å². The van der Waals surface area contributed by atoms with Crippen LogP contribution in [-0.2, 0) is 0 Å². The first kappa shape index (κ1) is 14.1. The van der Waals surface area contributed by atoms with Gasteiger partial charge in [-0.1, -0.05) is 11.6 Å². The van der Waals surface area contributed by atoms with E-state index in [1.54, 1.807) is 6.07 Å². The maximum atomic E-state index is 8.83. The predicted octanol–water partition coefficient (Wildman–Crippen LogP) is 1.55. The summed E-state index contributed by atoms with van der Waals surface area (Å²) >= 11 is 6.21. The lowest BCUT2D eigenvalue weighted by Gasteiger charge is -2.30. The number of halogens is 1. The maximum Gasteiger partial charge on any atom is 0.0992 e. The van der Waals surface area contributed by atoms with Crippen LogP contribution >= 0.6 is 11.6 Å². The van der Waals surface area contributed by atoms with Crippen LogP contribution in [-0.4, -0.2) is 51.2 Å². The monoisotopic (exact) mass is 278 g/mol. The zero-order chi connectivity index (χ0) is 13.7. The smallest absolute Gasteiger partial charge is 0.0992 e. The van der Waals surface area contributed by atoms with Crippen molar-refractivity contribution in [3.63, 3.8) is 0 Å². The Morgan fingerprint density at radius 2 is 2.16 bits per heavy atom. The van der Waals surface area contributed by atoms with E-state index < -0.39 is 0 Å². The van der Waals surface area contributed by atoms with Crippen molar-refractivity contribution in [3.05, 3.63) is 28.8 Å². The summed E-state index contributed by atoms with van der Waals surface area (Å²) in [5.41, 5.74) is 1.58. The third-order valence-corrected chi connectivity index (χ3v) is 3.75. The van der Waals surface area contributed by atoms with Gasteiger partial charge in [-0.3, -0.25) is 4.90 Å². The molecule has 5 heteroatoms. The van der Waals surface area contributed by atoms with E-state index in [2.05, 4.69) is 21.2 Å². The number of nitrogens with zero attached hydrogens (tertiary/aromatic N) is 3. The van der Waals surface area contributed by atoms with E-state index in [4.69, 9.17) is 16.9 Å². The highest BCUT2D eigenvalue weighted by atomic mass is 35.5. The molecule has 1 aromatic carbocycles. The molecule has 0 unspecified atom stereocenters. The van der Waals surface area contributed by atoms with Gasteiger partial charge in [-0.05, 0) is 18.2 Å². The largest absolute Gasteiger partial charge is 0.372 e. The highest BCUT2D eigenvalue weighted by Gasteiger charge is 2.12. The van der Waals surface area contributed by atoms with Crippen LogP contribution < -0.4 is 10.2 Å². The van der Waals surface area contributed by atoms with Crippen molar-refractivity contribution in [2.45, 2.75) is 0 Å². The van der Waals surface area contributed by atoms with Gasteiger partial charge in [-0.25, -0.2) is 0 Å². The molecule has 1 aromatic rings. The summed E-state index contributed by atoms with van der Waals surface area (Å²) in [5, 5.41) is 12.8. The second-order valence-electron chi connectivity index (χ2n) is 4.79. The Labute approximate surface area is 119 Å². The molecule has 0 spiro atoms. The minimum Gasteiger partial charge on any atom is -0.372 e. The van der Waals surface area contributed by atoms with E-state index in [1.807, 2.05) is 19.2 Å². The lowest BCUT2D eigenvalue weighted by Crippen LogP contribution is -2.46. The van der Waals surface area contributed by atoms with E-state index in [0.717, 1.165) is 45.0 Å². The molecule has 19 heavy (non-hydrogen) atoms. The lowest BCUT2D eigenvalue weighted by molar-refractivity contribution is 0.246. The van der Waals surface area contributed by atoms with Crippen LogP contribution in [0.3, 0.4) is 0 Å². The van der Waals surface area contributed by atoms with Crippen molar-refractivity contribution in [1.82, 2.24) is 10.2 Å². The fourth-order valence-corrected chi connectivity index (χ4v) is 2.56. The molecule has 4 nitrogen and oxygen atoms in total. The number of benzene rings is 1. The molecule has 1 heterocycles. The van der Waals surface area contributed by atoms with Gasteiger partial charge < -0.3 is 10.2 Å². The van der Waals surface area contributed by atoms with E-state index in [9.17, 15) is 0 Å². The van der Waals surface area contributed by atoms with Crippen molar-refractivity contribution >= 4 is 17.3 Å². The summed E-state index contributed by atoms with van der Waals surface area (Å²) in [4.78, 5) is 4.59. The van der Waals surface area contributed by atoms with Crippen LogP contribution in [0.2, 0.25) is 5.02 Å². The Morgan fingerprint density at radius 3 is 2.79 bits per heavy atom. The number of likely N-dealkylation sites (N-methyl/N-ethyl adjacent to an activating group) is 1. The first-order chi connectivity index (χ1) is 9.20. The Hall–Kier alpha value is -1.28. The van der Waals surface area contributed by atoms with Gasteiger partial charge >= 0.3 is 0 Å². The van der Waals surface area contributed by atoms with Crippen LogP contribution in [0.1, 0.15) is 5.56 Å². The second-order valence-corrected chi connectivity index (χ2v) is 5.20. The molecule has 2 rings (SSSR count). The summed E-state index contributed by atoms with van der Waals surface area (Å²) in [7, 11) is 2.04. The third kappa shape index (κ3) is 3.84. The second kappa shape index (κ2) is 6.76. The first-order valence-electron chi connectivity index (χ1n) is 6.54. The van der Waals surface area contributed by atoms with Gasteiger partial charge in [-0.15, -0.1) is 0 Å². The summed E-state index contributed by atoms with van der Waals surface area (Å²) in [6.07, 6.45) is 0. The highest BCUT2D eigenvalue weighted by molar-refractivity contribution is 6.33. The minimum absolute atomic E-state index is 0.601. The Kier molecular flexibility index (Phi) is 5.03. The van der Waals surface area contributed by atoms with Gasteiger partial charge in [0.05, 0.1) is 22.3 Å². The van der Waals surface area contributed by atoms with Gasteiger partial charge in [-0.2, -0.15) is 5.26 Å². The molecule has 1 aliphatic rings. The van der Waals surface area contributed by atoms with Crippen molar-refractivity contribution < 1.29 is 0 Å². The summed E-state index contributed by atoms with van der Waals surface area (Å²) in [5.74, 6) is 0. The Balaban J connectivity index is 1.92. The molecule has 1 fully saturated rings. The molecule has 102 valence electrons. The molecule has 0 bridgehead atoms. The van der Waals surface area contributed by atoms with Gasteiger partial charge in [0.25, 0.3) is 0 Å². The number of nitriles is 1. The Morgan fingerprint density at radius 1 is 1.42 bits per heavy atom. The third-order valence-electron chi connectivity index (χ3n) is 3.45. The SMILES string of the molecule is CN(CCN1CCNCC1)c1ccc(C#N)cc1Cl. The standard InChI is InChI=1S/C14H19ClN4/c1-18(8-9-19-6-4-17-5-7-19)14-3-2-12(11-16)10-13(14)15/h2-3,10,17H,4-9H2,1H3. The predicted molar refractivity (Wildman–Crippen MR) is 78.7 cm³/mol. The maximum absolute atomic E-state index is 8.83. The average molecular weight is 279 g/mol. The highest BCUT2D eigenvalue weighted by Crippen LogP contribution is 2.25. The summed E-state index contributed by atoms with van der Waals surface area (Å²) in [6, 6.07) is 7.54. The first-order valence-corrected chi connectivity index (χ1v) is 6.92. The fourth-order valence-electron chi connectivity index (χ4n) is 2.23. The number of hydrogen-bond acceptors (Lipinski definition) is 4. The molecular weight excluding hydrogens is 260 g/mol. The molecule has 1 N–H and O–H groups in total. The molecular formula is C14H19ClN4. The lowest BCUT2D eigenvalue weighted by atomic mass is 10.2.